The zero-order valence-electron chi connectivity index (χ0n) is 28.7. The molecule has 3 atom stereocenters. The number of benzene rings is 2. The van der Waals surface area contributed by atoms with Crippen molar-refractivity contribution in [2.75, 3.05) is 38.7 Å². The molecule has 2 saturated carbocycles. The molecule has 11 heteroatoms. The van der Waals surface area contributed by atoms with Crippen molar-refractivity contribution in [3.8, 4) is 34.3 Å². The van der Waals surface area contributed by atoms with Crippen LogP contribution in [-0.4, -0.2) is 55.1 Å². The summed E-state index contributed by atoms with van der Waals surface area (Å²) < 4.78 is 22.6. The number of nitrogens with one attached hydrogen (secondary N) is 1. The summed E-state index contributed by atoms with van der Waals surface area (Å²) in [6.45, 7) is 2.86. The van der Waals surface area contributed by atoms with Gasteiger partial charge in [-0.25, -0.2) is 9.97 Å². The van der Waals surface area contributed by atoms with Gasteiger partial charge in [0.2, 0.25) is 5.91 Å². The van der Waals surface area contributed by atoms with E-state index >= 15 is 0 Å². The van der Waals surface area contributed by atoms with Crippen LogP contribution in [0.1, 0.15) is 29.5 Å². The van der Waals surface area contributed by atoms with Crippen LogP contribution in [0.5, 0.6) is 23.0 Å². The molecule has 2 aliphatic rings. The van der Waals surface area contributed by atoms with Gasteiger partial charge >= 0.3 is 0 Å². The van der Waals surface area contributed by atoms with Crippen LogP contribution in [0.3, 0.4) is 0 Å². The Hall–Kier alpha value is -5.71. The lowest BCUT2D eigenvalue weighted by Gasteiger charge is -2.28. The number of fused-ring (bicyclic) bond motifs is 2. The average Bonchev–Trinajstić information content (AvgIpc) is 3.66. The Bertz CT molecular complexity index is 2030. The number of methoxy groups -OCH3 is 4. The SMILES string of the molecule is COc1ccc(CN(Cc2ccc(OC)cc2OC)c2nc(-c3cnccc3C)cc3cc(NC(=O)[C@@H]4[C@@H]5CC(=O)C[C@@H]54)ncc23)c(OC)c1. The van der Waals surface area contributed by atoms with Crippen molar-refractivity contribution in [2.45, 2.75) is 32.9 Å². The summed E-state index contributed by atoms with van der Waals surface area (Å²) >= 11 is 0. The minimum absolute atomic E-state index is 0.0863. The Morgan fingerprint density at radius 2 is 1.48 bits per heavy atom. The van der Waals surface area contributed by atoms with E-state index in [-0.39, 0.29) is 29.4 Å². The molecule has 0 radical (unpaired) electrons. The molecule has 50 heavy (non-hydrogen) atoms. The summed E-state index contributed by atoms with van der Waals surface area (Å²) in [6, 6.07) is 17.4. The van der Waals surface area contributed by atoms with Gasteiger partial charge in [-0.05, 0) is 72.2 Å². The number of carbonyl (C=O) groups is 2. The first-order valence-corrected chi connectivity index (χ1v) is 16.5. The van der Waals surface area contributed by atoms with E-state index in [1.807, 2.05) is 67.7 Å². The van der Waals surface area contributed by atoms with E-state index in [9.17, 15) is 9.59 Å². The van der Waals surface area contributed by atoms with Gasteiger partial charge in [0.25, 0.3) is 0 Å². The molecule has 0 saturated heterocycles. The lowest BCUT2D eigenvalue weighted by atomic mass is 10.0. The summed E-state index contributed by atoms with van der Waals surface area (Å²) in [6.07, 6.45) is 6.31. The number of carbonyl (C=O) groups excluding carboxylic acids is 2. The lowest BCUT2D eigenvalue weighted by Crippen LogP contribution is -2.24. The van der Waals surface area contributed by atoms with E-state index in [4.69, 9.17) is 28.9 Å². The van der Waals surface area contributed by atoms with Crippen LogP contribution in [-0.2, 0) is 22.7 Å². The Kier molecular flexibility index (Phi) is 8.96. The third-order valence-corrected chi connectivity index (χ3v) is 9.83. The molecule has 5 aromatic rings. The van der Waals surface area contributed by atoms with Crippen LogP contribution < -0.4 is 29.2 Å². The molecule has 1 N–H and O–H groups in total. The quantitative estimate of drug-likeness (QED) is 0.159. The van der Waals surface area contributed by atoms with Crippen molar-refractivity contribution in [1.82, 2.24) is 15.0 Å². The molecule has 2 fully saturated rings. The van der Waals surface area contributed by atoms with Gasteiger partial charge in [0.1, 0.15) is 40.4 Å². The summed E-state index contributed by atoms with van der Waals surface area (Å²) in [7, 11) is 6.53. The number of hydrogen-bond acceptors (Lipinski definition) is 10. The number of pyridine rings is 3. The van der Waals surface area contributed by atoms with Gasteiger partial charge in [-0.15, -0.1) is 0 Å². The van der Waals surface area contributed by atoms with Crippen molar-refractivity contribution in [3.63, 3.8) is 0 Å². The highest BCUT2D eigenvalue weighted by molar-refractivity contribution is 6.00. The second kappa shape index (κ2) is 13.7. The Balaban J connectivity index is 1.35. The minimum atomic E-state index is -0.138. The molecule has 7 rings (SSSR count). The first-order valence-electron chi connectivity index (χ1n) is 16.5. The lowest BCUT2D eigenvalue weighted by molar-refractivity contribution is -0.120. The van der Waals surface area contributed by atoms with E-state index in [2.05, 4.69) is 15.2 Å². The normalized spacial score (nSPS) is 17.6. The zero-order valence-corrected chi connectivity index (χ0v) is 28.7. The molecule has 3 heterocycles. The van der Waals surface area contributed by atoms with Gasteiger partial charge in [-0.1, -0.05) is 0 Å². The molecule has 256 valence electrons. The molecular formula is C39H39N5O6. The standard InChI is InChI=1S/C39H39N5O6/c1-22-10-11-40-18-31(22)33-12-25-13-36(43-39(46)37-29-14-26(45)15-30(29)37)41-19-32(25)38(42-33)44(20-23-6-8-27(47-2)16-34(23)49-4)21-24-7-9-28(48-3)17-35(24)50-5/h6-13,16-19,29-30,37H,14-15,20-21H2,1-5H3,(H,41,43,46)/t29-,30+,37-. The molecule has 3 aromatic heterocycles. The third kappa shape index (κ3) is 6.38. The molecule has 0 spiro atoms. The molecule has 2 aromatic carbocycles. The number of ether oxygens (including phenoxy) is 4. The maximum Gasteiger partial charge on any atom is 0.229 e. The van der Waals surface area contributed by atoms with Gasteiger partial charge < -0.3 is 29.2 Å². The Morgan fingerprint density at radius 1 is 0.840 bits per heavy atom. The summed E-state index contributed by atoms with van der Waals surface area (Å²) in [4.78, 5) is 41.6. The second-order valence-electron chi connectivity index (χ2n) is 12.8. The molecule has 0 aliphatic heterocycles. The summed E-state index contributed by atoms with van der Waals surface area (Å²) in [5.41, 5.74) is 4.48. The third-order valence-electron chi connectivity index (χ3n) is 9.83. The number of rotatable bonds is 12. The number of amides is 1. The monoisotopic (exact) mass is 673 g/mol. The molecular weight excluding hydrogens is 634 g/mol. The fourth-order valence-corrected chi connectivity index (χ4v) is 7.10. The summed E-state index contributed by atoms with van der Waals surface area (Å²) in [5, 5.41) is 4.66. The largest absolute Gasteiger partial charge is 0.497 e. The number of aryl methyl sites for hydroxylation is 1. The van der Waals surface area contributed by atoms with Gasteiger partial charge in [0, 0.05) is 84.6 Å². The maximum absolute atomic E-state index is 13.2. The van der Waals surface area contributed by atoms with Crippen LogP contribution >= 0.6 is 0 Å². The van der Waals surface area contributed by atoms with Gasteiger partial charge in [0.05, 0.1) is 34.1 Å². The van der Waals surface area contributed by atoms with E-state index in [0.29, 0.717) is 60.6 Å². The molecule has 11 nitrogen and oxygen atoms in total. The zero-order chi connectivity index (χ0) is 34.9. The number of nitrogens with zero attached hydrogens (tertiary/aromatic N) is 4. The van der Waals surface area contributed by atoms with Crippen LogP contribution in [0.25, 0.3) is 22.0 Å². The van der Waals surface area contributed by atoms with Crippen LogP contribution in [0.15, 0.2) is 73.2 Å². The number of anilines is 2. The predicted octanol–water partition coefficient (Wildman–Crippen LogP) is 6.41. The predicted molar refractivity (Wildman–Crippen MR) is 190 cm³/mol. The average molecular weight is 674 g/mol. The summed E-state index contributed by atoms with van der Waals surface area (Å²) in [5.74, 6) is 4.17. The highest BCUT2D eigenvalue weighted by atomic mass is 16.5. The van der Waals surface area contributed by atoms with Crippen LogP contribution in [0.4, 0.5) is 11.6 Å². The van der Waals surface area contributed by atoms with Crippen molar-refractivity contribution in [2.24, 2.45) is 17.8 Å². The number of hydrogen-bond donors (Lipinski definition) is 1. The fourth-order valence-electron chi connectivity index (χ4n) is 7.10. The van der Waals surface area contributed by atoms with Gasteiger partial charge in [0.15, 0.2) is 0 Å². The van der Waals surface area contributed by atoms with E-state index in [1.54, 1.807) is 40.8 Å². The van der Waals surface area contributed by atoms with Gasteiger partial charge in [-0.3, -0.25) is 14.6 Å². The molecule has 2 aliphatic carbocycles. The number of Topliss-reactive ketones (excluding diaryl/α,β-unsaturated/α-hetero) is 1. The Morgan fingerprint density at radius 3 is 2.06 bits per heavy atom. The maximum atomic E-state index is 13.2. The highest BCUT2D eigenvalue weighted by Gasteiger charge is 2.59. The van der Waals surface area contributed by atoms with Crippen molar-refractivity contribution >= 4 is 34.1 Å². The van der Waals surface area contributed by atoms with E-state index < -0.39 is 0 Å². The first-order chi connectivity index (χ1) is 24.3. The van der Waals surface area contributed by atoms with Crippen LogP contribution in [0.2, 0.25) is 0 Å². The first kappa shape index (κ1) is 32.8. The van der Waals surface area contributed by atoms with Crippen molar-refractivity contribution in [3.05, 3.63) is 89.9 Å². The highest BCUT2D eigenvalue weighted by Crippen LogP contribution is 2.56. The van der Waals surface area contributed by atoms with E-state index in [0.717, 1.165) is 38.7 Å². The minimum Gasteiger partial charge on any atom is -0.497 e. The van der Waals surface area contributed by atoms with Crippen molar-refractivity contribution in [1.29, 1.82) is 0 Å². The number of aromatic nitrogens is 3. The van der Waals surface area contributed by atoms with E-state index in [1.165, 1.54) is 0 Å². The topological polar surface area (TPSA) is 125 Å². The molecule has 0 unspecified atom stereocenters. The molecule has 0 bridgehead atoms. The smallest absolute Gasteiger partial charge is 0.229 e. The van der Waals surface area contributed by atoms with Gasteiger partial charge in [-0.2, -0.15) is 0 Å². The number of ketones is 1. The second-order valence-corrected chi connectivity index (χ2v) is 12.8. The van der Waals surface area contributed by atoms with Crippen LogP contribution in [0, 0.1) is 24.7 Å². The van der Waals surface area contributed by atoms with Crippen molar-refractivity contribution < 1.29 is 28.5 Å². The Labute approximate surface area is 290 Å². The fraction of sp³-hybridized carbons (Fsp3) is 0.308. The molecule has 1 amide bonds.